The molecule has 1 amide bonds. The molecule has 0 aromatic heterocycles. The SMILES string of the molecule is Cc1ccc(N2C[C@@H](C(=O)OCC(=O)c3ccc4c(c3)OCCO4)CC2=O)cc1. The van der Waals surface area contributed by atoms with Crippen molar-refractivity contribution in [3.05, 3.63) is 53.6 Å². The second-order valence-electron chi connectivity index (χ2n) is 7.13. The maximum absolute atomic E-state index is 12.4. The summed E-state index contributed by atoms with van der Waals surface area (Å²) in [7, 11) is 0. The number of Topliss-reactive ketones (excluding diaryl/α,β-unsaturated/α-hetero) is 1. The number of ketones is 1. The molecule has 2 aromatic carbocycles. The number of carbonyl (C=O) groups is 3. The highest BCUT2D eigenvalue weighted by molar-refractivity contribution is 6.01. The molecule has 0 aliphatic carbocycles. The number of nitrogens with zero attached hydrogens (tertiary/aromatic N) is 1. The quantitative estimate of drug-likeness (QED) is 0.572. The number of benzene rings is 2. The van der Waals surface area contributed by atoms with Gasteiger partial charge in [0.25, 0.3) is 0 Å². The van der Waals surface area contributed by atoms with Crippen LogP contribution in [0.1, 0.15) is 22.3 Å². The van der Waals surface area contributed by atoms with Crippen LogP contribution in [0.2, 0.25) is 0 Å². The Morgan fingerprint density at radius 1 is 1.07 bits per heavy atom. The Morgan fingerprint density at radius 3 is 2.55 bits per heavy atom. The van der Waals surface area contributed by atoms with E-state index in [-0.39, 0.29) is 31.3 Å². The summed E-state index contributed by atoms with van der Waals surface area (Å²) in [5.41, 5.74) is 2.23. The Labute approximate surface area is 168 Å². The smallest absolute Gasteiger partial charge is 0.311 e. The summed E-state index contributed by atoms with van der Waals surface area (Å²) in [4.78, 5) is 38.6. The predicted octanol–water partition coefficient (Wildman–Crippen LogP) is 2.55. The first-order valence-corrected chi connectivity index (χ1v) is 9.48. The third-order valence-electron chi connectivity index (χ3n) is 5.01. The molecule has 2 aliphatic heterocycles. The molecule has 2 aromatic rings. The lowest BCUT2D eigenvalue weighted by molar-refractivity contribution is -0.147. The van der Waals surface area contributed by atoms with Gasteiger partial charge in [0.05, 0.1) is 5.92 Å². The second-order valence-corrected chi connectivity index (χ2v) is 7.13. The molecule has 1 fully saturated rings. The average Bonchev–Trinajstić information content (AvgIpc) is 3.13. The van der Waals surface area contributed by atoms with Gasteiger partial charge >= 0.3 is 5.97 Å². The zero-order valence-electron chi connectivity index (χ0n) is 16.1. The molecule has 0 N–H and O–H groups in total. The average molecular weight is 395 g/mol. The Bertz CT molecular complexity index is 952. The fourth-order valence-corrected chi connectivity index (χ4v) is 3.39. The van der Waals surface area contributed by atoms with E-state index in [9.17, 15) is 14.4 Å². The maximum Gasteiger partial charge on any atom is 0.311 e. The van der Waals surface area contributed by atoms with Gasteiger partial charge in [0.1, 0.15) is 13.2 Å². The molecule has 0 bridgehead atoms. The van der Waals surface area contributed by atoms with Crippen molar-refractivity contribution in [2.75, 3.05) is 31.3 Å². The summed E-state index contributed by atoms with van der Waals surface area (Å²) < 4.78 is 16.1. The van der Waals surface area contributed by atoms with Crippen molar-refractivity contribution in [2.24, 2.45) is 5.92 Å². The first-order valence-electron chi connectivity index (χ1n) is 9.48. The molecule has 1 atom stereocenters. The minimum Gasteiger partial charge on any atom is -0.486 e. The fourth-order valence-electron chi connectivity index (χ4n) is 3.39. The minimum absolute atomic E-state index is 0.0743. The Balaban J connectivity index is 1.34. The molecule has 7 nitrogen and oxygen atoms in total. The normalized spacial score (nSPS) is 17.9. The zero-order chi connectivity index (χ0) is 20.4. The van der Waals surface area contributed by atoms with Gasteiger partial charge in [0.15, 0.2) is 23.9 Å². The van der Waals surface area contributed by atoms with Crippen molar-refractivity contribution in [3.63, 3.8) is 0 Å². The van der Waals surface area contributed by atoms with E-state index in [4.69, 9.17) is 14.2 Å². The lowest BCUT2D eigenvalue weighted by Crippen LogP contribution is -2.27. The number of aryl methyl sites for hydroxylation is 1. The van der Waals surface area contributed by atoms with E-state index < -0.39 is 11.9 Å². The van der Waals surface area contributed by atoms with Crippen LogP contribution in [0.4, 0.5) is 5.69 Å². The molecular weight excluding hydrogens is 374 g/mol. The Hall–Kier alpha value is -3.35. The van der Waals surface area contributed by atoms with Crippen LogP contribution >= 0.6 is 0 Å². The highest BCUT2D eigenvalue weighted by atomic mass is 16.6. The number of anilines is 1. The van der Waals surface area contributed by atoms with Crippen LogP contribution in [0.25, 0.3) is 0 Å². The Kier molecular flexibility index (Phi) is 5.20. The van der Waals surface area contributed by atoms with Gasteiger partial charge in [-0.25, -0.2) is 0 Å². The molecule has 1 saturated heterocycles. The zero-order valence-corrected chi connectivity index (χ0v) is 16.1. The third-order valence-corrected chi connectivity index (χ3v) is 5.01. The molecule has 0 unspecified atom stereocenters. The number of amides is 1. The van der Waals surface area contributed by atoms with Crippen molar-refractivity contribution < 1.29 is 28.6 Å². The summed E-state index contributed by atoms with van der Waals surface area (Å²) in [6.45, 7) is 2.73. The van der Waals surface area contributed by atoms with Gasteiger partial charge in [0, 0.05) is 24.2 Å². The molecular formula is C22H21NO6. The number of hydrogen-bond acceptors (Lipinski definition) is 6. The highest BCUT2D eigenvalue weighted by Gasteiger charge is 2.36. The van der Waals surface area contributed by atoms with Crippen LogP contribution in [-0.2, 0) is 14.3 Å². The summed E-state index contributed by atoms with van der Waals surface area (Å²) >= 11 is 0. The number of carbonyl (C=O) groups excluding carboxylic acids is 3. The molecule has 29 heavy (non-hydrogen) atoms. The molecule has 0 radical (unpaired) electrons. The maximum atomic E-state index is 12.4. The van der Waals surface area contributed by atoms with Crippen LogP contribution in [0.3, 0.4) is 0 Å². The Morgan fingerprint density at radius 2 is 1.79 bits per heavy atom. The third kappa shape index (κ3) is 4.08. The lowest BCUT2D eigenvalue weighted by Gasteiger charge is -2.18. The van der Waals surface area contributed by atoms with E-state index in [0.717, 1.165) is 11.3 Å². The second kappa shape index (κ2) is 7.95. The first-order chi connectivity index (χ1) is 14.0. The van der Waals surface area contributed by atoms with E-state index in [1.165, 1.54) is 0 Å². The van der Waals surface area contributed by atoms with E-state index >= 15 is 0 Å². The fraction of sp³-hybridized carbons (Fsp3) is 0.318. The number of ether oxygens (including phenoxy) is 3. The van der Waals surface area contributed by atoms with Crippen molar-refractivity contribution in [3.8, 4) is 11.5 Å². The van der Waals surface area contributed by atoms with Crippen LogP contribution in [-0.4, -0.2) is 44.0 Å². The van der Waals surface area contributed by atoms with E-state index in [0.29, 0.717) is 30.3 Å². The predicted molar refractivity (Wildman–Crippen MR) is 104 cm³/mol. The summed E-state index contributed by atoms with van der Waals surface area (Å²) in [5.74, 6) is -0.506. The largest absolute Gasteiger partial charge is 0.486 e. The molecule has 7 heteroatoms. The monoisotopic (exact) mass is 395 g/mol. The molecule has 0 saturated carbocycles. The van der Waals surface area contributed by atoms with E-state index in [1.54, 1.807) is 23.1 Å². The van der Waals surface area contributed by atoms with Gasteiger partial charge in [-0.1, -0.05) is 17.7 Å². The molecule has 150 valence electrons. The van der Waals surface area contributed by atoms with Gasteiger partial charge in [-0.15, -0.1) is 0 Å². The van der Waals surface area contributed by atoms with Crippen molar-refractivity contribution >= 4 is 23.3 Å². The van der Waals surface area contributed by atoms with Gasteiger partial charge in [-0.2, -0.15) is 0 Å². The highest BCUT2D eigenvalue weighted by Crippen LogP contribution is 2.31. The number of rotatable bonds is 5. The number of hydrogen-bond donors (Lipinski definition) is 0. The lowest BCUT2D eigenvalue weighted by atomic mass is 10.1. The number of esters is 1. The molecule has 2 aliphatic rings. The first kappa shape index (κ1) is 19.0. The standard InChI is InChI=1S/C22H21NO6/c1-14-2-5-17(6-3-14)23-12-16(11-21(23)25)22(26)29-13-18(24)15-4-7-19-20(10-15)28-9-8-27-19/h2-7,10,16H,8-9,11-13H2,1H3/t16-/m0/s1. The van der Waals surface area contributed by atoms with Crippen molar-refractivity contribution in [2.45, 2.75) is 13.3 Å². The topological polar surface area (TPSA) is 82.1 Å². The molecule has 0 spiro atoms. The summed E-state index contributed by atoms with van der Waals surface area (Å²) in [5, 5.41) is 0. The molecule has 4 rings (SSSR count). The van der Waals surface area contributed by atoms with Gasteiger partial charge in [-0.3, -0.25) is 14.4 Å². The van der Waals surface area contributed by atoms with E-state index in [2.05, 4.69) is 0 Å². The number of fused-ring (bicyclic) bond motifs is 1. The minimum atomic E-state index is -0.586. The van der Waals surface area contributed by atoms with Crippen LogP contribution in [0.15, 0.2) is 42.5 Å². The summed E-state index contributed by atoms with van der Waals surface area (Å²) in [6.07, 6.45) is 0.0743. The van der Waals surface area contributed by atoms with Crippen molar-refractivity contribution in [1.29, 1.82) is 0 Å². The van der Waals surface area contributed by atoms with Gasteiger partial charge in [-0.05, 0) is 37.3 Å². The van der Waals surface area contributed by atoms with Crippen LogP contribution in [0, 0.1) is 12.8 Å². The van der Waals surface area contributed by atoms with Crippen molar-refractivity contribution in [1.82, 2.24) is 0 Å². The van der Waals surface area contributed by atoms with Gasteiger partial charge in [0.2, 0.25) is 5.91 Å². The van der Waals surface area contributed by atoms with Gasteiger partial charge < -0.3 is 19.1 Å². The van der Waals surface area contributed by atoms with E-state index in [1.807, 2.05) is 31.2 Å². The molecule has 2 heterocycles. The van der Waals surface area contributed by atoms with Crippen LogP contribution < -0.4 is 14.4 Å². The summed E-state index contributed by atoms with van der Waals surface area (Å²) in [6, 6.07) is 12.4. The van der Waals surface area contributed by atoms with Crippen LogP contribution in [0.5, 0.6) is 11.5 Å².